The highest BCUT2D eigenvalue weighted by atomic mass is 16.7. The van der Waals surface area contributed by atoms with E-state index in [9.17, 15) is 4.79 Å². The van der Waals surface area contributed by atoms with Gasteiger partial charge in [0.2, 0.25) is 0 Å². The smallest absolute Gasteiger partial charge is 0.157 e. The van der Waals surface area contributed by atoms with Gasteiger partial charge >= 0.3 is 0 Å². The second kappa shape index (κ2) is 16.7. The van der Waals surface area contributed by atoms with E-state index in [2.05, 4.69) is 42.3 Å². The van der Waals surface area contributed by atoms with Crippen molar-refractivity contribution in [3.63, 3.8) is 0 Å². The number of para-hydroxylation sites is 1. The number of hydrogen-bond donors (Lipinski definition) is 1. The predicted octanol–water partition coefficient (Wildman–Crippen LogP) is 5.45. The maximum atomic E-state index is 10.6. The number of aliphatic hydroxyl groups excluding tert-OH is 1. The van der Waals surface area contributed by atoms with Crippen LogP contribution in [-0.2, 0) is 35.4 Å². The van der Waals surface area contributed by atoms with Crippen LogP contribution in [0.15, 0.2) is 72.8 Å². The molecule has 0 spiro atoms. The molecule has 1 aliphatic heterocycles. The molecule has 0 aliphatic carbocycles. The number of methoxy groups -OCH3 is 1. The molecule has 1 atom stereocenters. The Morgan fingerprint density at radius 2 is 1.71 bits per heavy atom. The van der Waals surface area contributed by atoms with Gasteiger partial charge in [0, 0.05) is 37.4 Å². The summed E-state index contributed by atoms with van der Waals surface area (Å²) in [4.78, 5) is 12.9. The minimum atomic E-state index is -0.0296. The zero-order valence-corrected chi connectivity index (χ0v) is 22.7. The summed E-state index contributed by atoms with van der Waals surface area (Å²) in [5.74, 6) is 0.929. The largest absolute Gasteiger partial charge is 0.496 e. The van der Waals surface area contributed by atoms with Crippen molar-refractivity contribution in [3.8, 4) is 5.75 Å². The fraction of sp³-hybridized carbons (Fsp3) is 0.406. The molecule has 1 aliphatic rings. The summed E-state index contributed by atoms with van der Waals surface area (Å²) in [5, 5.41) is 9.02. The van der Waals surface area contributed by atoms with E-state index in [1.54, 1.807) is 7.11 Å². The monoisotopic (exact) mass is 519 g/mol. The average molecular weight is 520 g/mol. The van der Waals surface area contributed by atoms with Crippen LogP contribution in [0.2, 0.25) is 0 Å². The molecular weight excluding hydrogens is 478 g/mol. The molecule has 0 aromatic heterocycles. The van der Waals surface area contributed by atoms with Crippen molar-refractivity contribution in [1.29, 1.82) is 0 Å². The molecule has 0 saturated carbocycles. The lowest BCUT2D eigenvalue weighted by atomic mass is 10.1. The van der Waals surface area contributed by atoms with Crippen molar-refractivity contribution in [1.82, 2.24) is 4.90 Å². The third-order valence-electron chi connectivity index (χ3n) is 6.40. The van der Waals surface area contributed by atoms with Crippen LogP contribution >= 0.6 is 0 Å². The van der Waals surface area contributed by atoms with Crippen LogP contribution in [0, 0.1) is 0 Å². The van der Waals surface area contributed by atoms with Crippen molar-refractivity contribution < 1.29 is 24.1 Å². The SMILES string of the molecule is COc1ccccc1CN(C)Cc1cccc(CCO)c1.O=Cc1cccc(CCOC2CCCCO2)c1. The third-order valence-corrected chi connectivity index (χ3v) is 6.40. The van der Waals surface area contributed by atoms with Gasteiger partial charge in [0.1, 0.15) is 12.0 Å². The van der Waals surface area contributed by atoms with Crippen LogP contribution in [-0.4, -0.2) is 56.6 Å². The van der Waals surface area contributed by atoms with Gasteiger partial charge in [0.15, 0.2) is 6.29 Å². The van der Waals surface area contributed by atoms with Crippen molar-refractivity contribution in [2.75, 3.05) is 34.0 Å². The first-order valence-electron chi connectivity index (χ1n) is 13.4. The number of rotatable bonds is 12. The Hall–Kier alpha value is -3.03. The van der Waals surface area contributed by atoms with E-state index < -0.39 is 0 Å². The Kier molecular flexibility index (Phi) is 13.0. The van der Waals surface area contributed by atoms with Gasteiger partial charge in [-0.05, 0) is 68.0 Å². The predicted molar refractivity (Wildman–Crippen MR) is 150 cm³/mol. The lowest BCUT2D eigenvalue weighted by Gasteiger charge is -2.22. The van der Waals surface area contributed by atoms with Gasteiger partial charge in [-0.25, -0.2) is 0 Å². The topological polar surface area (TPSA) is 68.2 Å². The van der Waals surface area contributed by atoms with Crippen molar-refractivity contribution >= 4 is 6.29 Å². The van der Waals surface area contributed by atoms with Crippen LogP contribution in [0.3, 0.4) is 0 Å². The number of hydrogen-bond acceptors (Lipinski definition) is 6. The van der Waals surface area contributed by atoms with Crippen LogP contribution < -0.4 is 4.74 Å². The molecule has 1 saturated heterocycles. The molecule has 0 radical (unpaired) electrons. The first kappa shape index (κ1) is 29.5. The highest BCUT2D eigenvalue weighted by Crippen LogP contribution is 2.20. The van der Waals surface area contributed by atoms with E-state index in [4.69, 9.17) is 19.3 Å². The fourth-order valence-electron chi connectivity index (χ4n) is 4.48. The summed E-state index contributed by atoms with van der Waals surface area (Å²) in [6, 6.07) is 24.1. The summed E-state index contributed by atoms with van der Waals surface area (Å²) in [6.45, 7) is 3.37. The highest BCUT2D eigenvalue weighted by Gasteiger charge is 2.13. The van der Waals surface area contributed by atoms with Gasteiger partial charge in [-0.1, -0.05) is 60.7 Å². The first-order chi connectivity index (χ1) is 18.6. The van der Waals surface area contributed by atoms with E-state index >= 15 is 0 Å². The molecule has 3 aromatic rings. The number of aldehydes is 1. The molecular formula is C32H41NO5. The van der Waals surface area contributed by atoms with Gasteiger partial charge in [0.05, 0.1) is 13.7 Å². The Morgan fingerprint density at radius 3 is 2.45 bits per heavy atom. The number of carbonyl (C=O) groups excluding carboxylic acids is 1. The maximum absolute atomic E-state index is 10.6. The van der Waals surface area contributed by atoms with E-state index in [-0.39, 0.29) is 12.9 Å². The highest BCUT2D eigenvalue weighted by molar-refractivity contribution is 5.74. The van der Waals surface area contributed by atoms with Crippen molar-refractivity contribution in [3.05, 3.63) is 101 Å². The van der Waals surface area contributed by atoms with Gasteiger partial charge < -0.3 is 19.3 Å². The summed E-state index contributed by atoms with van der Waals surface area (Å²) in [7, 11) is 3.81. The molecule has 3 aromatic carbocycles. The van der Waals surface area contributed by atoms with Crippen LogP contribution in [0.5, 0.6) is 5.75 Å². The molecule has 4 rings (SSSR count). The standard InChI is InChI=1S/C18H23NO2.C14H18O3/c1-19(14-17-8-3-4-9-18(17)21-2)13-16-7-5-6-15(12-16)10-11-20;15-11-13-5-3-4-12(10-13)7-9-17-14-6-1-2-8-16-14/h3-9,12,20H,10-11,13-14H2,1-2H3;3-5,10-11,14H,1-2,6-9H2. The second-order valence-corrected chi connectivity index (χ2v) is 9.56. The summed E-state index contributed by atoms with van der Waals surface area (Å²) < 4.78 is 16.5. The van der Waals surface area contributed by atoms with Gasteiger partial charge in [-0.2, -0.15) is 0 Å². The second-order valence-electron chi connectivity index (χ2n) is 9.56. The first-order valence-corrected chi connectivity index (χ1v) is 13.4. The molecule has 1 fully saturated rings. The van der Waals surface area contributed by atoms with E-state index in [0.717, 1.165) is 62.1 Å². The molecule has 0 amide bonds. The normalized spacial score (nSPS) is 15.0. The molecule has 38 heavy (non-hydrogen) atoms. The molecule has 0 bridgehead atoms. The lowest BCUT2D eigenvalue weighted by molar-refractivity contribution is -0.161. The van der Waals surface area contributed by atoms with E-state index in [1.165, 1.54) is 23.1 Å². The third kappa shape index (κ3) is 10.4. The van der Waals surface area contributed by atoms with Gasteiger partial charge in [-0.15, -0.1) is 0 Å². The molecule has 6 heteroatoms. The number of ether oxygens (including phenoxy) is 3. The lowest BCUT2D eigenvalue weighted by Crippen LogP contribution is -2.23. The maximum Gasteiger partial charge on any atom is 0.157 e. The van der Waals surface area contributed by atoms with Crippen molar-refractivity contribution in [2.24, 2.45) is 0 Å². The number of aliphatic hydroxyl groups is 1. The summed E-state index contributed by atoms with van der Waals surface area (Å²) in [6.07, 6.45) is 5.69. The minimum Gasteiger partial charge on any atom is -0.496 e. The Morgan fingerprint density at radius 1 is 0.947 bits per heavy atom. The molecule has 1 heterocycles. The van der Waals surface area contributed by atoms with Crippen LogP contribution in [0.4, 0.5) is 0 Å². The zero-order chi connectivity index (χ0) is 27.0. The Labute approximate surface area is 227 Å². The minimum absolute atomic E-state index is 0.0296. The quantitative estimate of drug-likeness (QED) is 0.321. The van der Waals surface area contributed by atoms with E-state index in [1.807, 2.05) is 42.5 Å². The molecule has 204 valence electrons. The molecule has 6 nitrogen and oxygen atoms in total. The van der Waals surface area contributed by atoms with Crippen LogP contribution in [0.25, 0.3) is 0 Å². The molecule has 1 N–H and O–H groups in total. The van der Waals surface area contributed by atoms with Gasteiger partial charge in [0.25, 0.3) is 0 Å². The number of nitrogens with zero attached hydrogens (tertiary/aromatic N) is 1. The van der Waals surface area contributed by atoms with E-state index in [0.29, 0.717) is 13.0 Å². The number of carbonyl (C=O) groups is 1. The Balaban J connectivity index is 0.000000215. The number of benzene rings is 3. The summed E-state index contributed by atoms with van der Waals surface area (Å²) in [5.41, 5.74) is 5.48. The zero-order valence-electron chi connectivity index (χ0n) is 22.7. The van der Waals surface area contributed by atoms with Crippen LogP contribution in [0.1, 0.15) is 51.9 Å². The van der Waals surface area contributed by atoms with Crippen molar-refractivity contribution in [2.45, 2.75) is 51.5 Å². The summed E-state index contributed by atoms with van der Waals surface area (Å²) >= 11 is 0. The van der Waals surface area contributed by atoms with Gasteiger partial charge in [-0.3, -0.25) is 9.69 Å². The average Bonchev–Trinajstić information content (AvgIpc) is 2.95. The molecule has 1 unspecified atom stereocenters. The Bertz CT molecular complexity index is 1100. The fourth-order valence-corrected chi connectivity index (χ4v) is 4.48.